The van der Waals surface area contributed by atoms with Gasteiger partial charge in [0.2, 0.25) is 0 Å². The fraction of sp³-hybridized carbons (Fsp3) is 0.364. The molecule has 1 N–H and O–H groups in total. The van der Waals surface area contributed by atoms with E-state index in [4.69, 9.17) is 21.4 Å². The largest absolute Gasteiger partial charge is 0.494 e. The number of carbonyl (C=O) groups excluding carboxylic acids is 1. The lowest BCUT2D eigenvalue weighted by atomic mass is 9.88. The van der Waals surface area contributed by atoms with Crippen LogP contribution in [-0.2, 0) is 4.79 Å². The van der Waals surface area contributed by atoms with E-state index in [0.717, 1.165) is 11.1 Å². The number of halogens is 1. The predicted octanol–water partition coefficient (Wildman–Crippen LogP) is 5.46. The topological polar surface area (TPSA) is 63.6 Å². The Morgan fingerprint density at radius 3 is 2.26 bits per heavy atom. The second-order valence-electron chi connectivity index (χ2n) is 7.38. The molecule has 4 nitrogen and oxygen atoms in total. The summed E-state index contributed by atoms with van der Waals surface area (Å²) in [5, 5.41) is 9.58. The lowest BCUT2D eigenvalue weighted by Gasteiger charge is -2.19. The fourth-order valence-corrected chi connectivity index (χ4v) is 3.18. The zero-order chi connectivity index (χ0) is 20.2. The molecule has 144 valence electrons. The molecule has 0 saturated carbocycles. The Morgan fingerprint density at radius 1 is 1.11 bits per heavy atom. The lowest BCUT2D eigenvalue weighted by molar-refractivity contribution is -0.147. The molecule has 0 aliphatic rings. The van der Waals surface area contributed by atoms with Crippen molar-refractivity contribution in [3.63, 3.8) is 0 Å². The van der Waals surface area contributed by atoms with Crippen LogP contribution in [0.15, 0.2) is 36.4 Å². The highest BCUT2D eigenvalue weighted by Crippen LogP contribution is 2.27. The van der Waals surface area contributed by atoms with Gasteiger partial charge in [-0.05, 0) is 75.9 Å². The first kappa shape index (κ1) is 21.0. The summed E-state index contributed by atoms with van der Waals surface area (Å²) in [5.41, 5.74) is 1.99. The van der Waals surface area contributed by atoms with Gasteiger partial charge in [-0.25, -0.2) is 0 Å². The van der Waals surface area contributed by atoms with Crippen molar-refractivity contribution in [1.82, 2.24) is 0 Å². The number of hydrogen-bond donors (Lipinski definition) is 1. The third-order valence-electron chi connectivity index (χ3n) is 4.65. The van der Waals surface area contributed by atoms with E-state index in [1.54, 1.807) is 38.1 Å². The van der Waals surface area contributed by atoms with Gasteiger partial charge < -0.3 is 9.84 Å². The van der Waals surface area contributed by atoms with Gasteiger partial charge in [-0.2, -0.15) is 0 Å². The molecule has 0 aliphatic carbocycles. The van der Waals surface area contributed by atoms with Gasteiger partial charge in [0, 0.05) is 11.1 Å². The van der Waals surface area contributed by atoms with E-state index in [1.165, 1.54) is 0 Å². The van der Waals surface area contributed by atoms with E-state index in [2.05, 4.69) is 0 Å². The van der Waals surface area contributed by atoms with E-state index in [0.29, 0.717) is 41.3 Å². The number of carboxylic acid groups (broad SMARTS) is 1. The normalized spacial score (nSPS) is 11.3. The Labute approximate surface area is 165 Å². The van der Waals surface area contributed by atoms with Crippen LogP contribution in [0.3, 0.4) is 0 Å². The summed E-state index contributed by atoms with van der Waals surface area (Å²) in [6, 6.07) is 10.7. The third-order valence-corrected chi connectivity index (χ3v) is 4.98. The minimum absolute atomic E-state index is 0.106. The molecule has 2 aromatic carbocycles. The van der Waals surface area contributed by atoms with Gasteiger partial charge in [-0.3, -0.25) is 9.59 Å². The molecule has 5 heteroatoms. The van der Waals surface area contributed by atoms with Gasteiger partial charge in [0.25, 0.3) is 0 Å². The van der Waals surface area contributed by atoms with Crippen molar-refractivity contribution in [3.05, 3.63) is 63.7 Å². The van der Waals surface area contributed by atoms with Gasteiger partial charge in [0.1, 0.15) is 5.75 Å². The van der Waals surface area contributed by atoms with Crippen molar-refractivity contribution >= 4 is 23.4 Å². The van der Waals surface area contributed by atoms with Crippen LogP contribution in [-0.4, -0.2) is 23.5 Å². The van der Waals surface area contributed by atoms with Crippen LogP contribution < -0.4 is 4.74 Å². The molecule has 0 unspecified atom stereocenters. The summed E-state index contributed by atoms with van der Waals surface area (Å²) in [4.78, 5) is 24.0. The number of ether oxygens (including phenoxy) is 1. The van der Waals surface area contributed by atoms with Crippen molar-refractivity contribution in [3.8, 4) is 5.75 Å². The maximum atomic E-state index is 12.9. The number of hydrogen-bond acceptors (Lipinski definition) is 3. The van der Waals surface area contributed by atoms with E-state index >= 15 is 0 Å². The Bertz CT molecular complexity index is 832. The second kappa shape index (κ2) is 8.57. The van der Waals surface area contributed by atoms with Gasteiger partial charge in [-0.1, -0.05) is 23.7 Å². The molecule has 0 atom stereocenters. The Hall–Kier alpha value is -2.33. The molecule has 0 bridgehead atoms. The van der Waals surface area contributed by atoms with Gasteiger partial charge in [0.15, 0.2) is 5.78 Å². The van der Waals surface area contributed by atoms with Crippen molar-refractivity contribution in [2.24, 2.45) is 5.41 Å². The van der Waals surface area contributed by atoms with Crippen molar-refractivity contribution in [2.75, 3.05) is 6.61 Å². The van der Waals surface area contributed by atoms with Gasteiger partial charge in [-0.15, -0.1) is 0 Å². The molecule has 0 amide bonds. The van der Waals surface area contributed by atoms with Crippen LogP contribution in [0.25, 0.3) is 0 Å². The van der Waals surface area contributed by atoms with Crippen LogP contribution in [0.1, 0.15) is 53.7 Å². The molecular formula is C22H25ClO4. The van der Waals surface area contributed by atoms with Crippen LogP contribution in [0.5, 0.6) is 5.75 Å². The van der Waals surface area contributed by atoms with E-state index < -0.39 is 11.4 Å². The van der Waals surface area contributed by atoms with Crippen molar-refractivity contribution in [1.29, 1.82) is 0 Å². The Balaban J connectivity index is 2.10. The quantitative estimate of drug-likeness (QED) is 0.482. The van der Waals surface area contributed by atoms with Crippen LogP contribution in [0.2, 0.25) is 5.02 Å². The number of benzene rings is 2. The first-order valence-electron chi connectivity index (χ1n) is 8.90. The maximum Gasteiger partial charge on any atom is 0.309 e. The summed E-state index contributed by atoms with van der Waals surface area (Å²) in [5.74, 6) is -0.240. The molecule has 0 radical (unpaired) electrons. The zero-order valence-electron chi connectivity index (χ0n) is 16.1. The summed E-state index contributed by atoms with van der Waals surface area (Å²) >= 11 is 6.16. The molecule has 0 aliphatic heterocycles. The highest BCUT2D eigenvalue weighted by Gasteiger charge is 2.26. The predicted molar refractivity (Wildman–Crippen MR) is 107 cm³/mol. The lowest BCUT2D eigenvalue weighted by Crippen LogP contribution is -2.24. The molecule has 0 heterocycles. The number of aryl methyl sites for hydroxylation is 2. The molecule has 2 aromatic rings. The molecule has 2 rings (SSSR count). The van der Waals surface area contributed by atoms with Crippen LogP contribution in [0.4, 0.5) is 0 Å². The molecule has 0 fully saturated rings. The minimum atomic E-state index is -0.809. The molecular weight excluding hydrogens is 364 g/mol. The van der Waals surface area contributed by atoms with Crippen molar-refractivity contribution < 1.29 is 19.4 Å². The molecule has 27 heavy (non-hydrogen) atoms. The smallest absolute Gasteiger partial charge is 0.309 e. The molecule has 0 saturated heterocycles. The summed E-state index contributed by atoms with van der Waals surface area (Å²) < 4.78 is 5.78. The van der Waals surface area contributed by atoms with E-state index in [1.807, 2.05) is 26.0 Å². The Morgan fingerprint density at radius 2 is 1.70 bits per heavy atom. The zero-order valence-corrected chi connectivity index (χ0v) is 16.9. The maximum absolute atomic E-state index is 12.9. The standard InChI is InChI=1S/C22H25ClO4/c1-14-12-16(27-11-7-10-22(3,4)21(25)26)13-15(2)19(14)20(24)17-8-5-6-9-18(17)23/h5-6,8-9,12-13H,7,10-11H2,1-4H3,(H,25,26). The summed E-state index contributed by atoms with van der Waals surface area (Å²) in [7, 11) is 0. The van der Waals surface area contributed by atoms with Gasteiger partial charge in [0.05, 0.1) is 17.0 Å². The monoisotopic (exact) mass is 388 g/mol. The highest BCUT2D eigenvalue weighted by molar-refractivity contribution is 6.35. The van der Waals surface area contributed by atoms with Crippen LogP contribution >= 0.6 is 11.6 Å². The van der Waals surface area contributed by atoms with Gasteiger partial charge >= 0.3 is 5.97 Å². The molecule has 0 spiro atoms. The van der Waals surface area contributed by atoms with E-state index in [-0.39, 0.29) is 5.78 Å². The highest BCUT2D eigenvalue weighted by atomic mass is 35.5. The minimum Gasteiger partial charge on any atom is -0.494 e. The third kappa shape index (κ3) is 5.10. The number of rotatable bonds is 8. The summed E-state index contributed by atoms with van der Waals surface area (Å²) in [6.45, 7) is 7.58. The van der Waals surface area contributed by atoms with E-state index in [9.17, 15) is 9.59 Å². The second-order valence-corrected chi connectivity index (χ2v) is 7.79. The fourth-order valence-electron chi connectivity index (χ4n) is 2.96. The average Bonchev–Trinajstić information content (AvgIpc) is 2.58. The SMILES string of the molecule is Cc1cc(OCCCC(C)(C)C(=O)O)cc(C)c1C(=O)c1ccccc1Cl. The first-order chi connectivity index (χ1) is 12.6. The van der Waals surface area contributed by atoms with Crippen molar-refractivity contribution in [2.45, 2.75) is 40.5 Å². The number of carbonyl (C=O) groups is 2. The Kier molecular flexibility index (Phi) is 6.66. The number of ketones is 1. The number of carboxylic acids is 1. The average molecular weight is 389 g/mol. The number of aliphatic carboxylic acids is 1. The van der Waals surface area contributed by atoms with Crippen LogP contribution in [0, 0.1) is 19.3 Å². The summed E-state index contributed by atoms with van der Waals surface area (Å²) in [6.07, 6.45) is 1.17. The first-order valence-corrected chi connectivity index (χ1v) is 9.28. The molecule has 0 aromatic heterocycles.